The molecule has 0 saturated carbocycles. The van der Waals surface area contributed by atoms with Crippen LogP contribution in [0.5, 0.6) is 0 Å². The van der Waals surface area contributed by atoms with Crippen molar-refractivity contribution < 1.29 is 14.3 Å². The number of aldehydes is 1. The Bertz CT molecular complexity index is 202. The van der Waals surface area contributed by atoms with Crippen molar-refractivity contribution in [1.29, 1.82) is 0 Å². The van der Waals surface area contributed by atoms with Crippen LogP contribution in [0, 0.1) is 0 Å². The smallest absolute Gasteiger partial charge is 0.306 e. The van der Waals surface area contributed by atoms with Crippen molar-refractivity contribution in [2.45, 2.75) is 77.7 Å². The van der Waals surface area contributed by atoms with Crippen LogP contribution in [0.1, 0.15) is 71.6 Å². The SMILES string of the molecule is CCCCCCC(CCC)OC(=O)CCC=O. The number of carbonyl (C=O) groups is 2. The average Bonchev–Trinajstić information content (AvgIpc) is 2.32. The van der Waals surface area contributed by atoms with Gasteiger partial charge in [0.25, 0.3) is 0 Å². The standard InChI is InChI=1S/C14H26O3/c1-3-5-6-7-10-13(9-4-2)17-14(16)11-8-12-15/h12-13H,3-11H2,1-2H3. The molecule has 0 rings (SSSR count). The summed E-state index contributed by atoms with van der Waals surface area (Å²) in [5.41, 5.74) is 0. The number of hydrogen-bond donors (Lipinski definition) is 0. The zero-order valence-corrected chi connectivity index (χ0v) is 11.2. The maximum atomic E-state index is 11.4. The second-order valence-electron chi connectivity index (χ2n) is 4.46. The lowest BCUT2D eigenvalue weighted by atomic mass is 10.1. The molecule has 17 heavy (non-hydrogen) atoms. The van der Waals surface area contributed by atoms with Crippen molar-refractivity contribution in [3.05, 3.63) is 0 Å². The Labute approximate surface area is 105 Å². The lowest BCUT2D eigenvalue weighted by Gasteiger charge is -2.17. The molecule has 0 heterocycles. The molecule has 1 atom stereocenters. The van der Waals surface area contributed by atoms with E-state index in [1.165, 1.54) is 19.3 Å². The molecule has 0 aromatic heterocycles. The van der Waals surface area contributed by atoms with Crippen molar-refractivity contribution in [3.63, 3.8) is 0 Å². The molecule has 0 aliphatic heterocycles. The van der Waals surface area contributed by atoms with Gasteiger partial charge in [-0.15, -0.1) is 0 Å². The van der Waals surface area contributed by atoms with E-state index in [0.717, 1.165) is 32.0 Å². The van der Waals surface area contributed by atoms with Crippen molar-refractivity contribution in [3.8, 4) is 0 Å². The van der Waals surface area contributed by atoms with Gasteiger partial charge in [-0.1, -0.05) is 39.5 Å². The molecule has 0 bridgehead atoms. The summed E-state index contributed by atoms with van der Waals surface area (Å²) in [7, 11) is 0. The van der Waals surface area contributed by atoms with E-state index in [4.69, 9.17) is 4.74 Å². The summed E-state index contributed by atoms with van der Waals surface area (Å²) in [6.45, 7) is 4.28. The number of ether oxygens (including phenoxy) is 1. The molecule has 1 unspecified atom stereocenters. The van der Waals surface area contributed by atoms with E-state index >= 15 is 0 Å². The maximum Gasteiger partial charge on any atom is 0.306 e. The molecule has 0 aromatic rings. The number of esters is 1. The van der Waals surface area contributed by atoms with Gasteiger partial charge in [0.1, 0.15) is 12.4 Å². The van der Waals surface area contributed by atoms with Gasteiger partial charge in [-0.05, 0) is 19.3 Å². The Balaban J connectivity index is 3.79. The summed E-state index contributed by atoms with van der Waals surface area (Å²) in [5.74, 6) is -0.231. The van der Waals surface area contributed by atoms with Crippen LogP contribution in [-0.4, -0.2) is 18.4 Å². The summed E-state index contributed by atoms with van der Waals surface area (Å²) < 4.78 is 5.38. The van der Waals surface area contributed by atoms with Crippen molar-refractivity contribution >= 4 is 12.3 Å². The van der Waals surface area contributed by atoms with Gasteiger partial charge >= 0.3 is 5.97 Å². The molecule has 0 N–H and O–H groups in total. The number of unbranched alkanes of at least 4 members (excludes halogenated alkanes) is 3. The van der Waals surface area contributed by atoms with Crippen LogP contribution < -0.4 is 0 Å². The molecule has 0 fully saturated rings. The van der Waals surface area contributed by atoms with Gasteiger partial charge in [0.15, 0.2) is 0 Å². The Kier molecular flexibility index (Phi) is 11.0. The van der Waals surface area contributed by atoms with Crippen LogP contribution in [0.25, 0.3) is 0 Å². The first kappa shape index (κ1) is 16.1. The van der Waals surface area contributed by atoms with Gasteiger partial charge in [-0.25, -0.2) is 0 Å². The molecule has 0 aliphatic carbocycles. The fourth-order valence-electron chi connectivity index (χ4n) is 1.80. The number of rotatable bonds is 11. The Morgan fingerprint density at radius 2 is 1.88 bits per heavy atom. The zero-order valence-electron chi connectivity index (χ0n) is 11.2. The second-order valence-corrected chi connectivity index (χ2v) is 4.46. The third-order valence-corrected chi connectivity index (χ3v) is 2.75. The number of carbonyl (C=O) groups excluding carboxylic acids is 2. The fraction of sp³-hybridized carbons (Fsp3) is 0.857. The van der Waals surface area contributed by atoms with Gasteiger partial charge in [-0.2, -0.15) is 0 Å². The van der Waals surface area contributed by atoms with Gasteiger partial charge < -0.3 is 9.53 Å². The van der Waals surface area contributed by atoms with E-state index in [2.05, 4.69) is 13.8 Å². The van der Waals surface area contributed by atoms with Crippen LogP contribution >= 0.6 is 0 Å². The first-order valence-electron chi connectivity index (χ1n) is 6.87. The molecule has 3 heteroatoms. The largest absolute Gasteiger partial charge is 0.462 e. The molecule has 0 saturated heterocycles. The molecular weight excluding hydrogens is 216 g/mol. The highest BCUT2D eigenvalue weighted by molar-refractivity contribution is 5.72. The minimum Gasteiger partial charge on any atom is -0.462 e. The summed E-state index contributed by atoms with van der Waals surface area (Å²) in [6, 6.07) is 0. The Morgan fingerprint density at radius 3 is 2.47 bits per heavy atom. The lowest BCUT2D eigenvalue weighted by molar-refractivity contribution is -0.150. The van der Waals surface area contributed by atoms with Gasteiger partial charge in [-0.3, -0.25) is 4.79 Å². The molecule has 100 valence electrons. The van der Waals surface area contributed by atoms with E-state index in [1.807, 2.05) is 0 Å². The molecule has 0 radical (unpaired) electrons. The van der Waals surface area contributed by atoms with Crippen LogP contribution in [0.4, 0.5) is 0 Å². The zero-order chi connectivity index (χ0) is 12.9. The summed E-state index contributed by atoms with van der Waals surface area (Å²) in [5, 5.41) is 0. The molecule has 0 aliphatic rings. The second kappa shape index (κ2) is 11.6. The lowest BCUT2D eigenvalue weighted by Crippen LogP contribution is -2.18. The van der Waals surface area contributed by atoms with Crippen molar-refractivity contribution in [2.24, 2.45) is 0 Å². The van der Waals surface area contributed by atoms with Gasteiger partial charge in [0, 0.05) is 6.42 Å². The minimum atomic E-state index is -0.231. The third kappa shape index (κ3) is 10.0. The van der Waals surface area contributed by atoms with E-state index in [9.17, 15) is 9.59 Å². The van der Waals surface area contributed by atoms with E-state index in [-0.39, 0.29) is 24.9 Å². The highest BCUT2D eigenvalue weighted by Gasteiger charge is 2.12. The third-order valence-electron chi connectivity index (χ3n) is 2.75. The molecular formula is C14H26O3. The highest BCUT2D eigenvalue weighted by atomic mass is 16.5. The Hall–Kier alpha value is -0.860. The molecule has 3 nitrogen and oxygen atoms in total. The van der Waals surface area contributed by atoms with Crippen LogP contribution in [0.3, 0.4) is 0 Å². The van der Waals surface area contributed by atoms with Crippen LogP contribution in [0.2, 0.25) is 0 Å². The Morgan fingerprint density at radius 1 is 1.12 bits per heavy atom. The highest BCUT2D eigenvalue weighted by Crippen LogP contribution is 2.13. The van der Waals surface area contributed by atoms with Gasteiger partial charge in [0.2, 0.25) is 0 Å². The van der Waals surface area contributed by atoms with E-state index in [0.29, 0.717) is 0 Å². The monoisotopic (exact) mass is 242 g/mol. The predicted octanol–water partition coefficient (Wildman–Crippen LogP) is 3.65. The number of hydrogen-bond acceptors (Lipinski definition) is 3. The van der Waals surface area contributed by atoms with Crippen molar-refractivity contribution in [1.82, 2.24) is 0 Å². The normalized spacial score (nSPS) is 12.1. The topological polar surface area (TPSA) is 43.4 Å². The van der Waals surface area contributed by atoms with Crippen LogP contribution in [-0.2, 0) is 14.3 Å². The predicted molar refractivity (Wildman–Crippen MR) is 68.8 cm³/mol. The summed E-state index contributed by atoms with van der Waals surface area (Å²) in [4.78, 5) is 21.6. The summed E-state index contributed by atoms with van der Waals surface area (Å²) >= 11 is 0. The van der Waals surface area contributed by atoms with Crippen LogP contribution in [0.15, 0.2) is 0 Å². The van der Waals surface area contributed by atoms with Crippen molar-refractivity contribution in [2.75, 3.05) is 0 Å². The first-order valence-corrected chi connectivity index (χ1v) is 6.87. The quantitative estimate of drug-likeness (QED) is 0.315. The van der Waals surface area contributed by atoms with Gasteiger partial charge in [0.05, 0.1) is 6.42 Å². The first-order chi connectivity index (χ1) is 8.24. The molecule has 0 spiro atoms. The molecule has 0 amide bonds. The maximum absolute atomic E-state index is 11.4. The fourth-order valence-corrected chi connectivity index (χ4v) is 1.80. The summed E-state index contributed by atoms with van der Waals surface area (Å²) in [6.07, 6.45) is 9.02. The van der Waals surface area contributed by atoms with E-state index < -0.39 is 0 Å². The minimum absolute atomic E-state index is 0.0519. The van der Waals surface area contributed by atoms with E-state index in [1.54, 1.807) is 0 Å². The molecule has 0 aromatic carbocycles. The average molecular weight is 242 g/mol.